The van der Waals surface area contributed by atoms with Gasteiger partial charge in [0.25, 0.3) is 0 Å². The molecule has 0 fully saturated rings. The molecule has 25 heavy (non-hydrogen) atoms. The van der Waals surface area contributed by atoms with Gasteiger partial charge in [-0.25, -0.2) is 0 Å². The minimum atomic E-state index is -1.23. The van der Waals surface area contributed by atoms with Crippen LogP contribution in [-0.2, 0) is 0 Å². The first kappa shape index (κ1) is 31.0. The van der Waals surface area contributed by atoms with Crippen LogP contribution in [0.1, 0.15) is 118 Å². The normalized spacial score (nSPS) is 15.4. The molecule has 0 saturated heterocycles. The molecule has 5 heteroatoms. The molecule has 2 atom stereocenters. The maximum atomic E-state index is 11.0. The summed E-state index contributed by atoms with van der Waals surface area (Å²) in [5, 5.41) is 19.5. The van der Waals surface area contributed by atoms with Crippen LogP contribution in [0, 0.1) is 0 Å². The Balaban J connectivity index is -0.000000372. The molecule has 0 aliphatic rings. The largest absolute Gasteiger partial charge is 2.00 e. The summed E-state index contributed by atoms with van der Waals surface area (Å²) in [5.74, 6) is 0. The Morgan fingerprint density at radius 2 is 0.800 bits per heavy atom. The Bertz CT molecular complexity index is 225. The van der Waals surface area contributed by atoms with Crippen LogP contribution in [0.3, 0.4) is 0 Å². The maximum Gasteiger partial charge on any atom is 2.00 e. The molecule has 0 saturated carbocycles. The third kappa shape index (κ3) is 36.8. The number of alkyl halides is 2. The first-order valence-corrected chi connectivity index (χ1v) is 10.7. The van der Waals surface area contributed by atoms with E-state index in [0.29, 0.717) is 12.8 Å². The Hall–Kier alpha value is 1.27. The van der Waals surface area contributed by atoms with E-state index in [1.165, 1.54) is 51.4 Å². The van der Waals surface area contributed by atoms with Crippen LogP contribution in [0.25, 0.3) is 0 Å². The molecule has 0 N–H and O–H groups in total. The summed E-state index contributed by atoms with van der Waals surface area (Å²) in [5.41, 5.74) is 0. The summed E-state index contributed by atoms with van der Waals surface area (Å²) in [6.45, 7) is 7.49. The Kier molecular flexibility index (Phi) is 24.8. The molecule has 0 aromatic rings. The van der Waals surface area contributed by atoms with E-state index < -0.39 is 10.1 Å². The molecule has 0 aliphatic carbocycles. The maximum absolute atomic E-state index is 11.0. The van der Waals surface area contributed by atoms with Crippen molar-refractivity contribution < 1.29 is 10.2 Å². The van der Waals surface area contributed by atoms with E-state index in [4.69, 9.17) is 23.2 Å². The number of unbranched alkanes of at least 4 members (excludes halogenated alkanes) is 10. The van der Waals surface area contributed by atoms with Crippen LogP contribution in [0.5, 0.6) is 0 Å². The van der Waals surface area contributed by atoms with Crippen molar-refractivity contribution in [3.05, 3.63) is 0 Å². The molecule has 0 rings (SSSR count). The summed E-state index contributed by atoms with van der Waals surface area (Å²) >= 11 is 11.0. The summed E-state index contributed by atoms with van der Waals surface area (Å²) in [4.78, 5) is 0. The molecule has 0 heterocycles. The molecule has 0 aliphatic heterocycles. The van der Waals surface area contributed by atoms with Crippen molar-refractivity contribution in [2.75, 3.05) is 0 Å². The first-order valence-electron chi connectivity index (χ1n) is 9.91. The van der Waals surface area contributed by atoms with E-state index in [1.807, 2.05) is 0 Å². The SMILES string of the molecule is CCCCCCCCC(C)([O-])Cl.CCCCCCCCC(C)([O-])Cl.[Mg+2]. The molecule has 148 valence electrons. The van der Waals surface area contributed by atoms with Crippen LogP contribution < -0.4 is 10.2 Å². The van der Waals surface area contributed by atoms with Gasteiger partial charge < -0.3 is 10.2 Å². The van der Waals surface area contributed by atoms with Gasteiger partial charge in [0.1, 0.15) is 0 Å². The van der Waals surface area contributed by atoms with Crippen molar-refractivity contribution in [2.24, 2.45) is 0 Å². The molecular formula is C20H40Cl2MgO2. The van der Waals surface area contributed by atoms with Crippen molar-refractivity contribution in [3.8, 4) is 0 Å². The van der Waals surface area contributed by atoms with Crippen molar-refractivity contribution in [1.82, 2.24) is 0 Å². The average molecular weight is 408 g/mol. The second-order valence-corrected chi connectivity index (χ2v) is 8.84. The zero-order chi connectivity index (χ0) is 18.9. The zero-order valence-corrected chi connectivity index (χ0v) is 20.1. The second kappa shape index (κ2) is 20.0. The molecule has 0 aromatic heterocycles. The van der Waals surface area contributed by atoms with Gasteiger partial charge in [-0.05, 0) is 23.0 Å². The molecule has 2 unspecified atom stereocenters. The van der Waals surface area contributed by atoms with Gasteiger partial charge in [-0.3, -0.25) is 0 Å². The average Bonchev–Trinajstić information content (AvgIpc) is 2.45. The van der Waals surface area contributed by atoms with Crippen LogP contribution >= 0.6 is 23.2 Å². The summed E-state index contributed by atoms with van der Waals surface area (Å²) in [7, 11) is 0. The monoisotopic (exact) mass is 406 g/mol. The zero-order valence-electron chi connectivity index (χ0n) is 17.2. The van der Waals surface area contributed by atoms with Gasteiger partial charge in [-0.2, -0.15) is 0 Å². The number of rotatable bonds is 14. The summed E-state index contributed by atoms with van der Waals surface area (Å²) in [6, 6.07) is 0. The van der Waals surface area contributed by atoms with Gasteiger partial charge in [0.2, 0.25) is 0 Å². The smallest absolute Gasteiger partial charge is 0.838 e. The molecular weight excluding hydrogens is 367 g/mol. The predicted molar refractivity (Wildman–Crippen MR) is 110 cm³/mol. The fourth-order valence-corrected chi connectivity index (χ4v) is 2.71. The molecule has 0 spiro atoms. The molecule has 0 aromatic carbocycles. The molecule has 0 amide bonds. The summed E-state index contributed by atoms with van der Waals surface area (Å²) < 4.78 is 0. The number of halogens is 2. The van der Waals surface area contributed by atoms with Crippen LogP contribution in [0.4, 0.5) is 0 Å². The van der Waals surface area contributed by atoms with Crippen molar-refractivity contribution in [2.45, 2.75) is 128 Å². The first-order chi connectivity index (χ1) is 11.1. The molecule has 0 radical (unpaired) electrons. The van der Waals surface area contributed by atoms with E-state index in [9.17, 15) is 10.2 Å². The van der Waals surface area contributed by atoms with Crippen LogP contribution in [0.2, 0.25) is 0 Å². The number of hydrogen-bond donors (Lipinski definition) is 0. The Morgan fingerprint density at radius 3 is 1.04 bits per heavy atom. The van der Waals surface area contributed by atoms with Crippen molar-refractivity contribution in [1.29, 1.82) is 0 Å². The second-order valence-electron chi connectivity index (χ2n) is 7.24. The van der Waals surface area contributed by atoms with Crippen LogP contribution in [0.15, 0.2) is 0 Å². The van der Waals surface area contributed by atoms with Crippen LogP contribution in [-0.4, -0.2) is 33.2 Å². The van der Waals surface area contributed by atoms with Gasteiger partial charge in [-0.15, -0.1) is 23.2 Å². The van der Waals surface area contributed by atoms with Crippen molar-refractivity contribution in [3.63, 3.8) is 0 Å². The van der Waals surface area contributed by atoms with E-state index in [1.54, 1.807) is 13.8 Å². The Labute approximate surface area is 183 Å². The third-order valence-electron chi connectivity index (χ3n) is 3.95. The Morgan fingerprint density at radius 1 is 0.560 bits per heavy atom. The van der Waals surface area contributed by atoms with Crippen molar-refractivity contribution >= 4 is 46.3 Å². The van der Waals surface area contributed by atoms with Gasteiger partial charge >= 0.3 is 23.1 Å². The van der Waals surface area contributed by atoms with Gasteiger partial charge in [0, 0.05) is 0 Å². The molecule has 0 bridgehead atoms. The fraction of sp³-hybridized carbons (Fsp3) is 1.00. The fourth-order valence-electron chi connectivity index (χ4n) is 2.44. The quantitative estimate of drug-likeness (QED) is 0.210. The number of hydrogen-bond acceptors (Lipinski definition) is 2. The van der Waals surface area contributed by atoms with E-state index in [2.05, 4.69) is 13.8 Å². The standard InChI is InChI=1S/2C10H20ClO.Mg/c2*1-3-4-5-6-7-8-9-10(2,11)12;/h2*3-9H2,1-2H3;/q2*-1;+2. The third-order valence-corrected chi connectivity index (χ3v) is 4.33. The van der Waals surface area contributed by atoms with Gasteiger partial charge in [0.15, 0.2) is 0 Å². The molecule has 2 nitrogen and oxygen atoms in total. The minimum Gasteiger partial charge on any atom is -0.838 e. The van der Waals surface area contributed by atoms with Gasteiger partial charge in [0.05, 0.1) is 0 Å². The summed E-state index contributed by atoms with van der Waals surface area (Å²) in [6.07, 6.45) is 15.7. The minimum absolute atomic E-state index is 0. The predicted octanol–water partition coefficient (Wildman–Crippen LogP) is 5.72. The van der Waals surface area contributed by atoms with E-state index in [-0.39, 0.29) is 23.1 Å². The van der Waals surface area contributed by atoms with E-state index in [0.717, 1.165) is 25.7 Å². The van der Waals surface area contributed by atoms with Gasteiger partial charge in [-0.1, -0.05) is 105 Å². The van der Waals surface area contributed by atoms with E-state index >= 15 is 0 Å². The topological polar surface area (TPSA) is 46.1 Å².